The van der Waals surface area contributed by atoms with Crippen LogP contribution >= 0.6 is 0 Å². The summed E-state index contributed by atoms with van der Waals surface area (Å²) in [4.78, 5) is 23.8. The lowest BCUT2D eigenvalue weighted by atomic mass is 10.0. The van der Waals surface area contributed by atoms with Gasteiger partial charge in [-0.2, -0.15) is 0 Å². The molecule has 0 aliphatic rings. The molecule has 0 fully saturated rings. The molecule has 0 rings (SSSR count). The number of esters is 2. The Morgan fingerprint density at radius 1 is 0.548 bits per heavy atom. The first-order valence-corrected chi connectivity index (χ1v) is 13.1. The molecule has 31 heavy (non-hydrogen) atoms. The third-order valence-electron chi connectivity index (χ3n) is 5.73. The molecule has 0 spiro atoms. The molecular weight excluding hydrogens is 388 g/mol. The van der Waals surface area contributed by atoms with Crippen LogP contribution in [0.25, 0.3) is 0 Å². The molecule has 0 amide bonds. The van der Waals surface area contributed by atoms with Crippen LogP contribution < -0.4 is 0 Å². The third kappa shape index (κ3) is 23.4. The van der Waals surface area contributed by atoms with Crippen molar-refractivity contribution in [3.8, 4) is 0 Å². The molecule has 0 saturated heterocycles. The van der Waals surface area contributed by atoms with Crippen molar-refractivity contribution in [3.05, 3.63) is 0 Å². The Labute approximate surface area is 193 Å². The van der Waals surface area contributed by atoms with Crippen LogP contribution in [0, 0.1) is 17.8 Å². The summed E-state index contributed by atoms with van der Waals surface area (Å²) in [6, 6.07) is 0. The first kappa shape index (κ1) is 29.9. The average Bonchev–Trinajstić information content (AvgIpc) is 2.69. The Balaban J connectivity index is 3.50. The fourth-order valence-electron chi connectivity index (χ4n) is 3.62. The van der Waals surface area contributed by atoms with Crippen molar-refractivity contribution in [1.29, 1.82) is 0 Å². The van der Waals surface area contributed by atoms with Gasteiger partial charge in [-0.3, -0.25) is 9.59 Å². The standard InChI is InChI=1S/C27H52O4/c1-23(2)16-12-8-6-10-14-20-30-26(28)19-18-25(5)22-27(29)31-21-15-11-7-9-13-17-24(3)4/h23-25H,6-22H2,1-5H3. The zero-order chi connectivity index (χ0) is 23.3. The molecule has 0 aromatic carbocycles. The fourth-order valence-corrected chi connectivity index (χ4v) is 3.62. The van der Waals surface area contributed by atoms with Gasteiger partial charge in [0.1, 0.15) is 0 Å². The van der Waals surface area contributed by atoms with Crippen molar-refractivity contribution in [3.63, 3.8) is 0 Å². The molecule has 4 nitrogen and oxygen atoms in total. The van der Waals surface area contributed by atoms with E-state index >= 15 is 0 Å². The second-order valence-corrected chi connectivity index (χ2v) is 10.2. The van der Waals surface area contributed by atoms with Crippen LogP contribution in [-0.2, 0) is 19.1 Å². The maximum Gasteiger partial charge on any atom is 0.306 e. The molecule has 0 aliphatic carbocycles. The second-order valence-electron chi connectivity index (χ2n) is 10.2. The molecule has 0 radical (unpaired) electrons. The maximum atomic E-state index is 11.9. The molecule has 0 aliphatic heterocycles. The second kappa shape index (κ2) is 20.8. The van der Waals surface area contributed by atoms with E-state index < -0.39 is 0 Å². The van der Waals surface area contributed by atoms with Crippen LogP contribution in [0.1, 0.15) is 131 Å². The maximum absolute atomic E-state index is 11.9. The topological polar surface area (TPSA) is 52.6 Å². The first-order valence-electron chi connectivity index (χ1n) is 13.1. The molecular formula is C27H52O4. The summed E-state index contributed by atoms with van der Waals surface area (Å²) in [7, 11) is 0. The van der Waals surface area contributed by atoms with Crippen LogP contribution in [0.2, 0.25) is 0 Å². The Morgan fingerprint density at radius 2 is 0.968 bits per heavy atom. The van der Waals surface area contributed by atoms with Crippen molar-refractivity contribution in [2.24, 2.45) is 17.8 Å². The minimum Gasteiger partial charge on any atom is -0.466 e. The lowest BCUT2D eigenvalue weighted by Crippen LogP contribution is -2.13. The zero-order valence-electron chi connectivity index (χ0n) is 21.4. The third-order valence-corrected chi connectivity index (χ3v) is 5.73. The van der Waals surface area contributed by atoms with E-state index in [0.717, 1.165) is 37.5 Å². The summed E-state index contributed by atoms with van der Waals surface area (Å²) in [6.07, 6.45) is 15.8. The van der Waals surface area contributed by atoms with Gasteiger partial charge in [0.05, 0.1) is 13.2 Å². The number of rotatable bonds is 21. The first-order chi connectivity index (χ1) is 14.8. The monoisotopic (exact) mass is 440 g/mol. The summed E-state index contributed by atoms with van der Waals surface area (Å²) in [5, 5.41) is 0. The summed E-state index contributed by atoms with van der Waals surface area (Å²) >= 11 is 0. The molecule has 0 N–H and O–H groups in total. The molecule has 0 bridgehead atoms. The van der Waals surface area contributed by atoms with Gasteiger partial charge in [0.2, 0.25) is 0 Å². The molecule has 0 heterocycles. The van der Waals surface area contributed by atoms with Gasteiger partial charge in [0.25, 0.3) is 0 Å². The van der Waals surface area contributed by atoms with Crippen molar-refractivity contribution in [1.82, 2.24) is 0 Å². The predicted molar refractivity (Wildman–Crippen MR) is 130 cm³/mol. The van der Waals surface area contributed by atoms with Crippen LogP contribution in [0.5, 0.6) is 0 Å². The van der Waals surface area contributed by atoms with Gasteiger partial charge in [-0.1, -0.05) is 98.8 Å². The number of unbranched alkanes of at least 4 members (excludes halogenated alkanes) is 8. The Morgan fingerprint density at radius 3 is 1.45 bits per heavy atom. The molecule has 184 valence electrons. The van der Waals surface area contributed by atoms with Gasteiger partial charge < -0.3 is 9.47 Å². The van der Waals surface area contributed by atoms with E-state index in [0.29, 0.717) is 32.5 Å². The molecule has 0 aromatic heterocycles. The minimum absolute atomic E-state index is 0.141. The van der Waals surface area contributed by atoms with Gasteiger partial charge in [-0.05, 0) is 37.0 Å². The number of hydrogen-bond donors (Lipinski definition) is 0. The van der Waals surface area contributed by atoms with E-state index in [4.69, 9.17) is 9.47 Å². The Kier molecular flexibility index (Phi) is 20.1. The van der Waals surface area contributed by atoms with Crippen LogP contribution in [-0.4, -0.2) is 25.2 Å². The summed E-state index contributed by atoms with van der Waals surface area (Å²) in [5.41, 5.74) is 0. The van der Waals surface area contributed by atoms with Crippen molar-refractivity contribution >= 4 is 11.9 Å². The van der Waals surface area contributed by atoms with E-state index in [1.165, 1.54) is 51.4 Å². The van der Waals surface area contributed by atoms with Crippen molar-refractivity contribution in [2.45, 2.75) is 131 Å². The molecule has 1 atom stereocenters. The van der Waals surface area contributed by atoms with Gasteiger partial charge in [0.15, 0.2) is 0 Å². The Hall–Kier alpha value is -1.06. The number of carbonyl (C=O) groups excluding carboxylic acids is 2. The van der Waals surface area contributed by atoms with Gasteiger partial charge in [-0.25, -0.2) is 0 Å². The van der Waals surface area contributed by atoms with Crippen LogP contribution in [0.3, 0.4) is 0 Å². The highest BCUT2D eigenvalue weighted by atomic mass is 16.5. The lowest BCUT2D eigenvalue weighted by molar-refractivity contribution is -0.147. The van der Waals surface area contributed by atoms with Crippen LogP contribution in [0.4, 0.5) is 0 Å². The summed E-state index contributed by atoms with van der Waals surface area (Å²) in [6.45, 7) is 12.1. The normalized spacial score (nSPS) is 12.4. The fraction of sp³-hybridized carbons (Fsp3) is 0.926. The quantitative estimate of drug-likeness (QED) is 0.135. The predicted octanol–water partition coefficient (Wildman–Crippen LogP) is 7.87. The van der Waals surface area contributed by atoms with Gasteiger partial charge in [-0.15, -0.1) is 0 Å². The summed E-state index contributed by atoms with van der Waals surface area (Å²) < 4.78 is 10.7. The van der Waals surface area contributed by atoms with E-state index in [-0.39, 0.29) is 17.9 Å². The van der Waals surface area contributed by atoms with E-state index in [9.17, 15) is 9.59 Å². The lowest BCUT2D eigenvalue weighted by Gasteiger charge is -2.11. The number of carbonyl (C=O) groups is 2. The highest BCUT2D eigenvalue weighted by molar-refractivity contribution is 5.70. The van der Waals surface area contributed by atoms with Crippen LogP contribution in [0.15, 0.2) is 0 Å². The largest absolute Gasteiger partial charge is 0.466 e. The highest BCUT2D eigenvalue weighted by Crippen LogP contribution is 2.14. The molecule has 1 unspecified atom stereocenters. The average molecular weight is 441 g/mol. The molecule has 4 heteroatoms. The molecule has 0 aromatic rings. The van der Waals surface area contributed by atoms with E-state index in [1.807, 2.05) is 6.92 Å². The van der Waals surface area contributed by atoms with Crippen molar-refractivity contribution in [2.75, 3.05) is 13.2 Å². The zero-order valence-corrected chi connectivity index (χ0v) is 21.4. The number of hydrogen-bond acceptors (Lipinski definition) is 4. The van der Waals surface area contributed by atoms with Gasteiger partial charge >= 0.3 is 11.9 Å². The smallest absolute Gasteiger partial charge is 0.306 e. The Bertz CT molecular complexity index is 431. The van der Waals surface area contributed by atoms with E-state index in [2.05, 4.69) is 27.7 Å². The SMILES string of the molecule is CC(C)CCCCCCCOC(=O)CCC(C)CC(=O)OCCCCCCCC(C)C. The molecule has 0 saturated carbocycles. The van der Waals surface area contributed by atoms with E-state index in [1.54, 1.807) is 0 Å². The summed E-state index contributed by atoms with van der Waals surface area (Å²) in [5.74, 6) is 1.45. The number of ether oxygens (including phenoxy) is 2. The minimum atomic E-state index is -0.141. The highest BCUT2D eigenvalue weighted by Gasteiger charge is 2.13. The van der Waals surface area contributed by atoms with Crippen molar-refractivity contribution < 1.29 is 19.1 Å². The van der Waals surface area contributed by atoms with Gasteiger partial charge in [0, 0.05) is 12.8 Å².